The number of hydrogen-bond donors (Lipinski definition) is 1. The van der Waals surface area contributed by atoms with Crippen LogP contribution in [-0.4, -0.2) is 31.0 Å². The highest BCUT2D eigenvalue weighted by atomic mass is 16.6. The molecule has 1 aliphatic rings. The quantitative estimate of drug-likeness (QED) is 0.394. The Hall–Kier alpha value is -4.12. The van der Waals surface area contributed by atoms with E-state index in [0.29, 0.717) is 23.8 Å². The van der Waals surface area contributed by atoms with E-state index in [1.807, 2.05) is 57.2 Å². The van der Waals surface area contributed by atoms with Crippen molar-refractivity contribution in [3.63, 3.8) is 0 Å². The number of carbonyl (C=O) groups excluding carboxylic acids is 1. The van der Waals surface area contributed by atoms with Gasteiger partial charge in [0.25, 0.3) is 0 Å². The molecule has 0 spiro atoms. The monoisotopic (exact) mass is 468 g/mol. The van der Waals surface area contributed by atoms with E-state index in [2.05, 4.69) is 32.1 Å². The first-order chi connectivity index (χ1) is 16.8. The van der Waals surface area contributed by atoms with E-state index in [1.54, 1.807) is 11.0 Å². The van der Waals surface area contributed by atoms with Crippen molar-refractivity contribution in [3.8, 4) is 17.3 Å². The molecule has 2 aromatic heterocycles. The maximum absolute atomic E-state index is 12.1. The number of nitrogens with one attached hydrogen (secondary N) is 1. The van der Waals surface area contributed by atoms with Gasteiger partial charge in [-0.05, 0) is 69.4 Å². The number of aromatic nitrogens is 4. The molecule has 0 atom stereocenters. The highest BCUT2D eigenvalue weighted by Crippen LogP contribution is 2.43. The Morgan fingerprint density at radius 1 is 1.20 bits per heavy atom. The Kier molecular flexibility index (Phi) is 5.77. The van der Waals surface area contributed by atoms with Gasteiger partial charge in [-0.2, -0.15) is 10.4 Å². The normalized spacial score (nSPS) is 13.9. The third-order valence-electron chi connectivity index (χ3n) is 6.24. The van der Waals surface area contributed by atoms with E-state index in [1.165, 1.54) is 12.7 Å². The highest BCUT2D eigenvalue weighted by Gasteiger charge is 2.28. The molecule has 178 valence electrons. The van der Waals surface area contributed by atoms with Crippen molar-refractivity contribution in [2.75, 3.05) is 5.32 Å². The minimum absolute atomic E-state index is 0.357. The number of benzene rings is 2. The predicted molar refractivity (Wildman–Crippen MR) is 134 cm³/mol. The molecule has 8 nitrogen and oxygen atoms in total. The fourth-order valence-corrected chi connectivity index (χ4v) is 4.51. The first kappa shape index (κ1) is 22.7. The number of hydrogen-bond acceptors (Lipinski definition) is 5. The molecule has 4 aromatic rings. The van der Waals surface area contributed by atoms with Crippen molar-refractivity contribution in [2.45, 2.75) is 58.2 Å². The minimum atomic E-state index is -0.567. The Balaban J connectivity index is 1.54. The molecule has 1 fully saturated rings. The molecule has 5 rings (SSSR count). The predicted octanol–water partition coefficient (Wildman–Crippen LogP) is 5.89. The zero-order chi connectivity index (χ0) is 24.6. The smallest absolute Gasteiger partial charge is 0.412 e. The van der Waals surface area contributed by atoms with Crippen LogP contribution in [0, 0.1) is 11.3 Å². The Morgan fingerprint density at radius 3 is 2.57 bits per heavy atom. The summed E-state index contributed by atoms with van der Waals surface area (Å²) in [5.41, 5.74) is 4.78. The van der Waals surface area contributed by atoms with E-state index in [0.717, 1.165) is 40.6 Å². The highest BCUT2D eigenvalue weighted by molar-refractivity contribution is 5.95. The second kappa shape index (κ2) is 8.91. The van der Waals surface area contributed by atoms with Crippen LogP contribution in [0.15, 0.2) is 55.1 Å². The molecule has 0 radical (unpaired) electrons. The van der Waals surface area contributed by atoms with Gasteiger partial charge in [-0.3, -0.25) is 5.32 Å². The zero-order valence-electron chi connectivity index (χ0n) is 20.2. The molecule has 2 aromatic carbocycles. The Morgan fingerprint density at radius 2 is 1.97 bits per heavy atom. The molecule has 0 unspecified atom stereocenters. The summed E-state index contributed by atoms with van der Waals surface area (Å²) >= 11 is 0. The fraction of sp³-hybridized carbons (Fsp3) is 0.333. The molecule has 8 heteroatoms. The van der Waals surface area contributed by atoms with Crippen molar-refractivity contribution in [3.05, 3.63) is 66.2 Å². The van der Waals surface area contributed by atoms with Crippen molar-refractivity contribution >= 4 is 22.7 Å². The maximum atomic E-state index is 12.1. The summed E-state index contributed by atoms with van der Waals surface area (Å²) in [5.74, 6) is 0. The van der Waals surface area contributed by atoms with Gasteiger partial charge in [0.2, 0.25) is 0 Å². The van der Waals surface area contributed by atoms with Crippen LogP contribution in [0.5, 0.6) is 0 Å². The van der Waals surface area contributed by atoms with Crippen LogP contribution in [0.2, 0.25) is 0 Å². The molecular weight excluding hydrogens is 440 g/mol. The lowest BCUT2D eigenvalue weighted by molar-refractivity contribution is 0.0636. The SMILES string of the molecule is CC(C)(C)OC(=O)Nc1ccc(-c2c(C#N)c3ccc(Cn4cncn4)cc3n2C2CCC2)cc1. The number of amides is 1. The average Bonchev–Trinajstić information content (AvgIpc) is 3.38. The van der Waals surface area contributed by atoms with Crippen molar-refractivity contribution in [1.29, 1.82) is 5.26 Å². The Bertz CT molecular complexity index is 1400. The van der Waals surface area contributed by atoms with Crippen molar-refractivity contribution in [2.24, 2.45) is 0 Å². The molecule has 1 aliphatic carbocycles. The van der Waals surface area contributed by atoms with Crippen LogP contribution in [0.25, 0.3) is 22.2 Å². The van der Waals surface area contributed by atoms with Crippen molar-refractivity contribution in [1.82, 2.24) is 19.3 Å². The lowest BCUT2D eigenvalue weighted by Gasteiger charge is -2.30. The van der Waals surface area contributed by atoms with Crippen LogP contribution in [-0.2, 0) is 11.3 Å². The van der Waals surface area contributed by atoms with Gasteiger partial charge in [-0.15, -0.1) is 0 Å². The second-order valence-corrected chi connectivity index (χ2v) is 9.94. The summed E-state index contributed by atoms with van der Waals surface area (Å²) in [6, 6.07) is 16.7. The molecule has 35 heavy (non-hydrogen) atoms. The lowest BCUT2D eigenvalue weighted by atomic mass is 9.92. The topological polar surface area (TPSA) is 97.8 Å². The van der Waals surface area contributed by atoms with Gasteiger partial charge in [0.15, 0.2) is 0 Å². The van der Waals surface area contributed by atoms with E-state index in [-0.39, 0.29) is 0 Å². The molecule has 1 amide bonds. The van der Waals surface area contributed by atoms with Gasteiger partial charge in [-0.25, -0.2) is 14.5 Å². The fourth-order valence-electron chi connectivity index (χ4n) is 4.51. The van der Waals surface area contributed by atoms with Gasteiger partial charge in [-0.1, -0.05) is 24.3 Å². The van der Waals surface area contributed by atoms with Gasteiger partial charge >= 0.3 is 6.09 Å². The van der Waals surface area contributed by atoms with Crippen LogP contribution < -0.4 is 5.32 Å². The van der Waals surface area contributed by atoms with E-state index >= 15 is 0 Å². The summed E-state index contributed by atoms with van der Waals surface area (Å²) in [7, 11) is 0. The first-order valence-corrected chi connectivity index (χ1v) is 11.8. The first-order valence-electron chi connectivity index (χ1n) is 11.8. The maximum Gasteiger partial charge on any atom is 0.412 e. The lowest BCUT2D eigenvalue weighted by Crippen LogP contribution is -2.27. The molecule has 0 aliphatic heterocycles. The molecule has 1 saturated carbocycles. The largest absolute Gasteiger partial charge is 0.444 e. The van der Waals surface area contributed by atoms with Gasteiger partial charge < -0.3 is 9.30 Å². The standard InChI is InChI=1S/C27H28N6O2/c1-27(2,3)35-26(34)31-20-10-8-19(9-11-20)25-23(14-28)22-12-7-18(15-32-17-29-16-30-32)13-24(22)33(25)21-5-4-6-21/h7-13,16-17,21H,4-6,15H2,1-3H3,(H,31,34). The number of anilines is 1. The number of rotatable bonds is 5. The summed E-state index contributed by atoms with van der Waals surface area (Å²) in [6.07, 6.45) is 6.10. The summed E-state index contributed by atoms with van der Waals surface area (Å²) in [4.78, 5) is 16.2. The summed E-state index contributed by atoms with van der Waals surface area (Å²) < 4.78 is 9.47. The minimum Gasteiger partial charge on any atom is -0.444 e. The molecule has 0 bridgehead atoms. The molecule has 1 N–H and O–H groups in total. The molecule has 0 saturated heterocycles. The molecule has 2 heterocycles. The number of carbonyl (C=O) groups is 1. The third kappa shape index (κ3) is 4.62. The average molecular weight is 469 g/mol. The number of nitriles is 1. The molecular formula is C27H28N6O2. The van der Waals surface area contributed by atoms with E-state index in [4.69, 9.17) is 4.74 Å². The van der Waals surface area contributed by atoms with Crippen LogP contribution in [0.3, 0.4) is 0 Å². The number of nitrogens with zero attached hydrogens (tertiary/aromatic N) is 5. The van der Waals surface area contributed by atoms with Crippen molar-refractivity contribution < 1.29 is 9.53 Å². The van der Waals surface area contributed by atoms with Crippen LogP contribution in [0.4, 0.5) is 10.5 Å². The van der Waals surface area contributed by atoms with Gasteiger partial charge in [0.05, 0.1) is 23.3 Å². The second-order valence-electron chi connectivity index (χ2n) is 9.94. The number of fused-ring (bicyclic) bond motifs is 1. The van der Waals surface area contributed by atoms with E-state index in [9.17, 15) is 10.1 Å². The summed E-state index contributed by atoms with van der Waals surface area (Å²) in [5, 5.41) is 18.1. The van der Waals surface area contributed by atoms with Gasteiger partial charge in [0.1, 0.15) is 24.3 Å². The third-order valence-corrected chi connectivity index (χ3v) is 6.24. The zero-order valence-corrected chi connectivity index (χ0v) is 20.2. The summed E-state index contributed by atoms with van der Waals surface area (Å²) in [6.45, 7) is 6.11. The van der Waals surface area contributed by atoms with Crippen LogP contribution in [0.1, 0.15) is 57.2 Å². The van der Waals surface area contributed by atoms with Gasteiger partial charge in [0, 0.05) is 17.1 Å². The van der Waals surface area contributed by atoms with Crippen LogP contribution >= 0.6 is 0 Å². The Labute approximate surface area is 204 Å². The number of ether oxygens (including phenoxy) is 1. The van der Waals surface area contributed by atoms with E-state index < -0.39 is 11.7 Å².